The largest absolute Gasteiger partial charge is 0.431 e. The van der Waals surface area contributed by atoms with Gasteiger partial charge in [0.2, 0.25) is 0 Å². The molecule has 1 aliphatic rings. The van der Waals surface area contributed by atoms with Crippen molar-refractivity contribution in [1.29, 1.82) is 0 Å². The van der Waals surface area contributed by atoms with Crippen LogP contribution in [0.4, 0.5) is 0 Å². The molecule has 0 spiro atoms. The van der Waals surface area contributed by atoms with Crippen molar-refractivity contribution in [3.05, 3.63) is 60.7 Å². The van der Waals surface area contributed by atoms with Crippen molar-refractivity contribution in [2.24, 2.45) is 5.92 Å². The van der Waals surface area contributed by atoms with Gasteiger partial charge in [-0.05, 0) is 31.8 Å². The highest BCUT2D eigenvalue weighted by atomic mass is 32.2. The van der Waals surface area contributed by atoms with Gasteiger partial charge in [0.25, 0.3) is 5.22 Å². The van der Waals surface area contributed by atoms with Crippen molar-refractivity contribution in [2.45, 2.75) is 18.1 Å². The summed E-state index contributed by atoms with van der Waals surface area (Å²) in [5.74, 6) is 2.61. The van der Waals surface area contributed by atoms with Crippen LogP contribution in [0.25, 0.3) is 22.6 Å². The van der Waals surface area contributed by atoms with Gasteiger partial charge in [-0.2, -0.15) is 0 Å². The predicted molar refractivity (Wildman–Crippen MR) is 104 cm³/mol. The molecule has 1 aromatic heterocycles. The third-order valence-electron chi connectivity index (χ3n) is 4.53. The van der Waals surface area contributed by atoms with E-state index in [4.69, 9.17) is 9.40 Å². The van der Waals surface area contributed by atoms with E-state index < -0.39 is 0 Å². The van der Waals surface area contributed by atoms with Crippen molar-refractivity contribution in [3.8, 4) is 22.6 Å². The summed E-state index contributed by atoms with van der Waals surface area (Å²) in [6.07, 6.45) is 2.55. The lowest BCUT2D eigenvalue weighted by Gasteiger charge is -2.21. The van der Waals surface area contributed by atoms with Gasteiger partial charge >= 0.3 is 0 Å². The molecule has 25 heavy (non-hydrogen) atoms. The summed E-state index contributed by atoms with van der Waals surface area (Å²) in [7, 11) is 0. The van der Waals surface area contributed by atoms with Gasteiger partial charge < -0.3 is 9.73 Å². The van der Waals surface area contributed by atoms with Crippen molar-refractivity contribution < 1.29 is 4.42 Å². The Morgan fingerprint density at radius 1 is 1.00 bits per heavy atom. The SMILES string of the molecule is c1ccc(-c2nc(SCC3CCCNC3)oc2-c2ccccc2)cc1. The molecule has 0 radical (unpaired) electrons. The molecule has 2 heterocycles. The Morgan fingerprint density at radius 3 is 2.40 bits per heavy atom. The van der Waals surface area contributed by atoms with E-state index in [9.17, 15) is 0 Å². The fourth-order valence-corrected chi connectivity index (χ4v) is 4.16. The Kier molecular flexibility index (Phi) is 5.19. The normalized spacial score (nSPS) is 17.5. The van der Waals surface area contributed by atoms with Crippen LogP contribution in [0.15, 0.2) is 70.3 Å². The van der Waals surface area contributed by atoms with E-state index in [0.29, 0.717) is 5.92 Å². The molecule has 3 aromatic rings. The van der Waals surface area contributed by atoms with Gasteiger partial charge in [-0.25, -0.2) is 4.98 Å². The van der Waals surface area contributed by atoms with E-state index in [0.717, 1.165) is 46.6 Å². The number of benzene rings is 2. The Balaban J connectivity index is 1.61. The fraction of sp³-hybridized carbons (Fsp3) is 0.286. The highest BCUT2D eigenvalue weighted by Crippen LogP contribution is 2.36. The summed E-state index contributed by atoms with van der Waals surface area (Å²) < 4.78 is 6.18. The minimum atomic E-state index is 0.700. The third kappa shape index (κ3) is 3.97. The quantitative estimate of drug-likeness (QED) is 0.650. The monoisotopic (exact) mass is 350 g/mol. The molecular formula is C21H22N2OS. The summed E-state index contributed by atoms with van der Waals surface area (Å²) in [6, 6.07) is 20.5. The van der Waals surface area contributed by atoms with Crippen LogP contribution in [0, 0.1) is 5.92 Å². The highest BCUT2D eigenvalue weighted by molar-refractivity contribution is 7.99. The molecule has 1 fully saturated rings. The molecule has 2 aromatic carbocycles. The Labute approximate surface area is 152 Å². The minimum Gasteiger partial charge on any atom is -0.431 e. The van der Waals surface area contributed by atoms with E-state index in [1.165, 1.54) is 12.8 Å². The average molecular weight is 350 g/mol. The molecule has 1 N–H and O–H groups in total. The topological polar surface area (TPSA) is 38.1 Å². The number of rotatable bonds is 5. The predicted octanol–water partition coefficient (Wildman–Crippen LogP) is 5.10. The molecule has 1 unspecified atom stereocenters. The first-order valence-electron chi connectivity index (χ1n) is 8.85. The maximum atomic E-state index is 6.18. The van der Waals surface area contributed by atoms with Crippen molar-refractivity contribution in [3.63, 3.8) is 0 Å². The number of thioether (sulfide) groups is 1. The zero-order valence-corrected chi connectivity index (χ0v) is 15.0. The third-order valence-corrected chi connectivity index (χ3v) is 5.59. The second-order valence-electron chi connectivity index (χ2n) is 6.41. The highest BCUT2D eigenvalue weighted by Gasteiger charge is 2.19. The Morgan fingerprint density at radius 2 is 1.72 bits per heavy atom. The van der Waals surface area contributed by atoms with Crippen LogP contribution in [-0.2, 0) is 0 Å². The summed E-state index contributed by atoms with van der Waals surface area (Å²) in [5.41, 5.74) is 3.09. The molecule has 4 rings (SSSR count). The van der Waals surface area contributed by atoms with Crippen LogP contribution in [0.1, 0.15) is 12.8 Å². The molecule has 1 saturated heterocycles. The van der Waals surface area contributed by atoms with Gasteiger partial charge in [0.05, 0.1) is 0 Å². The van der Waals surface area contributed by atoms with Crippen molar-refractivity contribution in [1.82, 2.24) is 10.3 Å². The minimum absolute atomic E-state index is 0.700. The Hall–Kier alpha value is -2.04. The second-order valence-corrected chi connectivity index (χ2v) is 7.38. The van der Waals surface area contributed by atoms with Crippen LogP contribution < -0.4 is 5.32 Å². The van der Waals surface area contributed by atoms with Crippen LogP contribution in [0.3, 0.4) is 0 Å². The van der Waals surface area contributed by atoms with Gasteiger partial charge in [0.15, 0.2) is 5.76 Å². The summed E-state index contributed by atoms with van der Waals surface area (Å²) in [5, 5.41) is 4.24. The van der Waals surface area contributed by atoms with E-state index in [2.05, 4.69) is 29.6 Å². The Bertz CT molecular complexity index is 738. The van der Waals surface area contributed by atoms with Crippen LogP contribution >= 0.6 is 11.8 Å². The second kappa shape index (κ2) is 7.89. The van der Waals surface area contributed by atoms with E-state index in [1.807, 2.05) is 36.4 Å². The van der Waals surface area contributed by atoms with Gasteiger partial charge in [0, 0.05) is 16.9 Å². The number of nitrogens with one attached hydrogen (secondary N) is 1. The number of piperidine rings is 1. The maximum Gasteiger partial charge on any atom is 0.256 e. The number of hydrogen-bond donors (Lipinski definition) is 1. The lowest BCUT2D eigenvalue weighted by atomic mass is 10.0. The molecule has 3 nitrogen and oxygen atoms in total. The molecule has 0 amide bonds. The van der Waals surface area contributed by atoms with Gasteiger partial charge in [-0.15, -0.1) is 0 Å². The standard InChI is InChI=1S/C21H22N2OS/c1-3-9-17(10-4-1)19-20(18-11-5-2-6-12-18)24-21(23-19)25-15-16-8-7-13-22-14-16/h1-6,9-12,16,22H,7-8,13-15H2. The molecular weight excluding hydrogens is 328 g/mol. The fourth-order valence-electron chi connectivity index (χ4n) is 3.19. The molecule has 4 heteroatoms. The van der Waals surface area contributed by atoms with E-state index in [-0.39, 0.29) is 0 Å². The van der Waals surface area contributed by atoms with Gasteiger partial charge in [0.1, 0.15) is 5.69 Å². The summed E-state index contributed by atoms with van der Waals surface area (Å²) in [4.78, 5) is 4.82. The molecule has 0 bridgehead atoms. The average Bonchev–Trinajstić information content (AvgIpc) is 3.13. The van der Waals surface area contributed by atoms with E-state index >= 15 is 0 Å². The maximum absolute atomic E-state index is 6.18. The zero-order chi connectivity index (χ0) is 16.9. The lowest BCUT2D eigenvalue weighted by molar-refractivity contribution is 0.408. The van der Waals surface area contributed by atoms with Crippen molar-refractivity contribution in [2.75, 3.05) is 18.8 Å². The molecule has 1 atom stereocenters. The van der Waals surface area contributed by atoms with Crippen molar-refractivity contribution >= 4 is 11.8 Å². The molecule has 0 aliphatic carbocycles. The smallest absolute Gasteiger partial charge is 0.256 e. The first kappa shape index (κ1) is 16.4. The zero-order valence-electron chi connectivity index (χ0n) is 14.2. The van der Waals surface area contributed by atoms with Gasteiger partial charge in [-0.3, -0.25) is 0 Å². The van der Waals surface area contributed by atoms with Crippen LogP contribution in [0.2, 0.25) is 0 Å². The van der Waals surface area contributed by atoms with Crippen LogP contribution in [0.5, 0.6) is 0 Å². The summed E-state index contributed by atoms with van der Waals surface area (Å²) >= 11 is 1.73. The molecule has 1 aliphatic heterocycles. The first-order valence-corrected chi connectivity index (χ1v) is 9.84. The van der Waals surface area contributed by atoms with Crippen LogP contribution in [-0.4, -0.2) is 23.8 Å². The van der Waals surface area contributed by atoms with Gasteiger partial charge in [-0.1, -0.05) is 72.4 Å². The number of hydrogen-bond acceptors (Lipinski definition) is 4. The first-order chi connectivity index (χ1) is 12.4. The summed E-state index contributed by atoms with van der Waals surface area (Å²) in [6.45, 7) is 2.25. The number of aromatic nitrogens is 1. The lowest BCUT2D eigenvalue weighted by Crippen LogP contribution is -2.30. The number of oxazole rings is 1. The number of nitrogens with zero attached hydrogens (tertiary/aromatic N) is 1. The van der Waals surface area contributed by atoms with E-state index in [1.54, 1.807) is 11.8 Å². The molecule has 0 saturated carbocycles. The molecule has 128 valence electrons.